The molecule has 2 aliphatic rings. The third-order valence-corrected chi connectivity index (χ3v) is 7.23. The maximum Gasteiger partial charge on any atom is 0.243 e. The Morgan fingerprint density at radius 2 is 1.96 bits per heavy atom. The van der Waals surface area contributed by atoms with Crippen molar-refractivity contribution in [1.29, 1.82) is 0 Å². The molecule has 1 aliphatic heterocycles. The summed E-state index contributed by atoms with van der Waals surface area (Å²) in [5, 5.41) is 7.14. The molecular weight excluding hydrogens is 355 g/mol. The zero-order valence-corrected chi connectivity index (χ0v) is 15.5. The van der Waals surface area contributed by atoms with E-state index in [-0.39, 0.29) is 23.9 Å². The van der Waals surface area contributed by atoms with Gasteiger partial charge >= 0.3 is 0 Å². The van der Waals surface area contributed by atoms with Gasteiger partial charge in [0.2, 0.25) is 10.0 Å². The van der Waals surface area contributed by atoms with Crippen LogP contribution in [0, 0.1) is 5.92 Å². The number of aryl methyl sites for hydroxylation is 1. The standard InChI is InChI=1S/C18H23FN4O2S/c1-2-12-3-7-15(8-4-12)26(24,25)23-10-14(9-19)16(11-23)18-20-17(21-22-18)13-5-6-13/h3-4,7-8,13-14,16H,2,5-6,9-11H2,1H3,(H,20,21,22)/t14-,16-/m1/s1. The van der Waals surface area contributed by atoms with Gasteiger partial charge < -0.3 is 0 Å². The smallest absolute Gasteiger partial charge is 0.243 e. The first kappa shape index (κ1) is 17.6. The molecule has 1 aromatic heterocycles. The number of hydrogen-bond donors (Lipinski definition) is 1. The summed E-state index contributed by atoms with van der Waals surface area (Å²) >= 11 is 0. The number of aromatic nitrogens is 3. The molecule has 4 rings (SSSR count). The lowest BCUT2D eigenvalue weighted by Gasteiger charge is -2.16. The zero-order valence-electron chi connectivity index (χ0n) is 14.7. The lowest BCUT2D eigenvalue weighted by Crippen LogP contribution is -2.29. The fourth-order valence-corrected chi connectivity index (χ4v) is 5.04. The maximum absolute atomic E-state index is 13.6. The van der Waals surface area contributed by atoms with Gasteiger partial charge in [-0.05, 0) is 37.0 Å². The first-order chi connectivity index (χ1) is 12.5. The third-order valence-electron chi connectivity index (χ3n) is 5.39. The number of nitrogens with one attached hydrogen (secondary N) is 1. The van der Waals surface area contributed by atoms with E-state index < -0.39 is 22.6 Å². The normalized spacial score (nSPS) is 24.2. The molecule has 0 bridgehead atoms. The van der Waals surface area contributed by atoms with Crippen LogP contribution in [-0.2, 0) is 16.4 Å². The molecule has 140 valence electrons. The molecule has 1 saturated carbocycles. The van der Waals surface area contributed by atoms with Crippen molar-refractivity contribution in [1.82, 2.24) is 19.5 Å². The molecule has 0 radical (unpaired) electrons. The van der Waals surface area contributed by atoms with Gasteiger partial charge in [0, 0.05) is 30.8 Å². The maximum atomic E-state index is 13.6. The van der Waals surface area contributed by atoms with E-state index in [2.05, 4.69) is 15.2 Å². The number of rotatable bonds is 6. The molecule has 2 aromatic rings. The number of benzene rings is 1. The Morgan fingerprint density at radius 1 is 1.23 bits per heavy atom. The van der Waals surface area contributed by atoms with E-state index in [1.165, 1.54) is 4.31 Å². The van der Waals surface area contributed by atoms with E-state index >= 15 is 0 Å². The van der Waals surface area contributed by atoms with Crippen LogP contribution < -0.4 is 0 Å². The van der Waals surface area contributed by atoms with Gasteiger partial charge in [-0.3, -0.25) is 9.49 Å². The van der Waals surface area contributed by atoms with Crippen molar-refractivity contribution < 1.29 is 12.8 Å². The molecule has 2 fully saturated rings. The highest BCUT2D eigenvalue weighted by molar-refractivity contribution is 7.89. The molecule has 6 nitrogen and oxygen atoms in total. The fourth-order valence-electron chi connectivity index (χ4n) is 3.52. The Balaban J connectivity index is 1.56. The van der Waals surface area contributed by atoms with Crippen molar-refractivity contribution in [2.45, 2.75) is 42.9 Å². The molecule has 2 atom stereocenters. The number of nitrogens with zero attached hydrogens (tertiary/aromatic N) is 3. The minimum Gasteiger partial charge on any atom is -0.263 e. The van der Waals surface area contributed by atoms with Crippen LogP contribution in [0.3, 0.4) is 0 Å². The van der Waals surface area contributed by atoms with Crippen molar-refractivity contribution in [3.8, 4) is 0 Å². The van der Waals surface area contributed by atoms with Crippen LogP contribution in [0.25, 0.3) is 0 Å². The number of alkyl halides is 1. The van der Waals surface area contributed by atoms with Gasteiger partial charge in [-0.25, -0.2) is 13.4 Å². The molecule has 1 N–H and O–H groups in total. The van der Waals surface area contributed by atoms with E-state index in [0.29, 0.717) is 11.7 Å². The number of sulfonamides is 1. The lowest BCUT2D eigenvalue weighted by molar-refractivity contribution is 0.346. The van der Waals surface area contributed by atoms with Gasteiger partial charge in [-0.2, -0.15) is 9.40 Å². The second-order valence-corrected chi connectivity index (χ2v) is 9.13. The molecule has 2 heterocycles. The van der Waals surface area contributed by atoms with Crippen molar-refractivity contribution in [3.05, 3.63) is 41.5 Å². The van der Waals surface area contributed by atoms with Crippen molar-refractivity contribution in [2.75, 3.05) is 19.8 Å². The summed E-state index contributed by atoms with van der Waals surface area (Å²) in [7, 11) is -3.64. The topological polar surface area (TPSA) is 79.0 Å². The Morgan fingerprint density at radius 3 is 2.58 bits per heavy atom. The highest BCUT2D eigenvalue weighted by Crippen LogP contribution is 2.40. The minimum absolute atomic E-state index is 0.165. The van der Waals surface area contributed by atoms with E-state index in [1.807, 2.05) is 19.1 Å². The molecular formula is C18H23FN4O2S. The highest BCUT2D eigenvalue weighted by atomic mass is 32.2. The zero-order chi connectivity index (χ0) is 18.3. The van der Waals surface area contributed by atoms with Crippen LogP contribution in [0.4, 0.5) is 4.39 Å². The van der Waals surface area contributed by atoms with Crippen LogP contribution in [0.2, 0.25) is 0 Å². The van der Waals surface area contributed by atoms with E-state index in [1.54, 1.807) is 12.1 Å². The third kappa shape index (κ3) is 3.16. The van der Waals surface area contributed by atoms with Gasteiger partial charge in [0.15, 0.2) is 5.82 Å². The molecule has 26 heavy (non-hydrogen) atoms. The van der Waals surface area contributed by atoms with E-state index in [0.717, 1.165) is 30.7 Å². The monoisotopic (exact) mass is 378 g/mol. The first-order valence-electron chi connectivity index (χ1n) is 9.10. The van der Waals surface area contributed by atoms with Gasteiger partial charge in [0.05, 0.1) is 11.6 Å². The predicted octanol–water partition coefficient (Wildman–Crippen LogP) is 2.62. The molecule has 1 aliphatic carbocycles. The summed E-state index contributed by atoms with van der Waals surface area (Å²) in [5.41, 5.74) is 1.08. The Bertz CT molecular complexity index is 877. The molecule has 0 amide bonds. The first-order valence-corrected chi connectivity index (χ1v) is 10.5. The molecule has 0 spiro atoms. The predicted molar refractivity (Wildman–Crippen MR) is 95.1 cm³/mol. The fraction of sp³-hybridized carbons (Fsp3) is 0.556. The van der Waals surface area contributed by atoms with Crippen LogP contribution in [0.5, 0.6) is 0 Å². The van der Waals surface area contributed by atoms with Crippen LogP contribution in [0.15, 0.2) is 29.2 Å². The van der Waals surface area contributed by atoms with Crippen LogP contribution in [0.1, 0.15) is 48.8 Å². The summed E-state index contributed by atoms with van der Waals surface area (Å²) < 4.78 is 40.9. The highest BCUT2D eigenvalue weighted by Gasteiger charge is 2.42. The summed E-state index contributed by atoms with van der Waals surface area (Å²) in [5.74, 6) is 1.09. The number of aromatic amines is 1. The second kappa shape index (κ2) is 6.74. The molecule has 0 unspecified atom stereocenters. The van der Waals surface area contributed by atoms with Gasteiger partial charge in [-0.15, -0.1) is 0 Å². The number of H-pyrrole nitrogens is 1. The number of hydrogen-bond acceptors (Lipinski definition) is 4. The average Bonchev–Trinajstić information content (AvgIpc) is 3.22. The Hall–Kier alpha value is -1.80. The number of halogens is 1. The largest absolute Gasteiger partial charge is 0.263 e. The van der Waals surface area contributed by atoms with Crippen LogP contribution in [-0.4, -0.2) is 47.7 Å². The summed E-state index contributed by atoms with van der Waals surface area (Å²) in [6.07, 6.45) is 3.02. The van der Waals surface area contributed by atoms with Crippen LogP contribution >= 0.6 is 0 Å². The SMILES string of the molecule is CCc1ccc(S(=O)(=O)N2C[C@@H](CF)[C@H](c3nc(C4CC4)n[nH]3)C2)cc1. The van der Waals surface area contributed by atoms with E-state index in [4.69, 9.17) is 0 Å². The molecule has 1 saturated heterocycles. The minimum atomic E-state index is -3.64. The average molecular weight is 378 g/mol. The summed E-state index contributed by atoms with van der Waals surface area (Å²) in [6, 6.07) is 6.91. The van der Waals surface area contributed by atoms with Crippen molar-refractivity contribution in [2.24, 2.45) is 5.92 Å². The van der Waals surface area contributed by atoms with Crippen molar-refractivity contribution >= 4 is 10.0 Å². The van der Waals surface area contributed by atoms with Crippen molar-refractivity contribution in [3.63, 3.8) is 0 Å². The molecule has 8 heteroatoms. The van der Waals surface area contributed by atoms with Gasteiger partial charge in [-0.1, -0.05) is 19.1 Å². The Kier molecular flexibility index (Phi) is 4.56. The second-order valence-electron chi connectivity index (χ2n) is 7.19. The van der Waals surface area contributed by atoms with E-state index in [9.17, 15) is 12.8 Å². The van der Waals surface area contributed by atoms with Gasteiger partial charge in [0.25, 0.3) is 0 Å². The molecule has 1 aromatic carbocycles. The Labute approximate surface area is 152 Å². The lowest BCUT2D eigenvalue weighted by atomic mass is 9.97. The quantitative estimate of drug-likeness (QED) is 0.838. The summed E-state index contributed by atoms with van der Waals surface area (Å²) in [4.78, 5) is 4.76. The summed E-state index contributed by atoms with van der Waals surface area (Å²) in [6.45, 7) is 1.84. The van der Waals surface area contributed by atoms with Gasteiger partial charge in [0.1, 0.15) is 5.82 Å².